The van der Waals surface area contributed by atoms with Crippen LogP contribution in [-0.4, -0.2) is 52.9 Å². The first-order valence-corrected chi connectivity index (χ1v) is 5.70. The lowest BCUT2D eigenvalue weighted by molar-refractivity contribution is -0.203. The number of carbonyl (C=O) groups is 2. The van der Waals surface area contributed by atoms with E-state index in [1.54, 1.807) is 0 Å². The van der Waals surface area contributed by atoms with Gasteiger partial charge in [-0.05, 0) is 19.8 Å². The molecular formula is C10H16F3N3O3. The Morgan fingerprint density at radius 2 is 2.00 bits per heavy atom. The van der Waals surface area contributed by atoms with Crippen LogP contribution in [0.25, 0.3) is 0 Å². The fraction of sp³-hybridized carbons (Fsp3) is 0.800. The normalized spacial score (nSPS) is 23.6. The Balaban J connectivity index is 2.80. The lowest BCUT2D eigenvalue weighted by Gasteiger charge is -2.35. The molecule has 0 bridgehead atoms. The summed E-state index contributed by atoms with van der Waals surface area (Å²) >= 11 is 0. The summed E-state index contributed by atoms with van der Waals surface area (Å²) in [5.41, 5.74) is 2.30. The summed E-state index contributed by atoms with van der Waals surface area (Å²) in [6.07, 6.45) is -3.84. The van der Waals surface area contributed by atoms with E-state index in [1.165, 1.54) is 5.32 Å². The van der Waals surface area contributed by atoms with Crippen LogP contribution in [0.15, 0.2) is 0 Å². The Hall–Kier alpha value is -1.51. The predicted molar refractivity (Wildman–Crippen MR) is 59.4 cm³/mol. The number of aliphatic carboxylic acids is 1. The average Bonchev–Trinajstić information content (AvgIpc) is 2.27. The summed E-state index contributed by atoms with van der Waals surface area (Å²) in [5.74, 6) is -2.16. The number of hydrogen-bond donors (Lipinski definition) is 3. The number of carboxylic acid groups (broad SMARTS) is 1. The van der Waals surface area contributed by atoms with Gasteiger partial charge in [0.15, 0.2) is 0 Å². The zero-order valence-electron chi connectivity index (χ0n) is 10.3. The van der Waals surface area contributed by atoms with Crippen LogP contribution in [0.4, 0.5) is 18.0 Å². The molecule has 19 heavy (non-hydrogen) atoms. The smallest absolute Gasteiger partial charge is 0.422 e. The summed E-state index contributed by atoms with van der Waals surface area (Å²) in [5, 5.41) is 10.2. The van der Waals surface area contributed by atoms with Crippen molar-refractivity contribution in [1.29, 1.82) is 0 Å². The maximum atomic E-state index is 12.7. The predicted octanol–water partition coefficient (Wildman–Crippen LogP) is 0.525. The van der Waals surface area contributed by atoms with E-state index in [1.807, 2.05) is 0 Å². The summed E-state index contributed by atoms with van der Waals surface area (Å²) in [4.78, 5) is 23.6. The number of rotatable bonds is 2. The van der Waals surface area contributed by atoms with E-state index in [4.69, 9.17) is 10.8 Å². The quantitative estimate of drug-likeness (QED) is 0.688. The molecule has 1 aliphatic heterocycles. The van der Waals surface area contributed by atoms with Crippen molar-refractivity contribution in [1.82, 2.24) is 10.2 Å². The first-order valence-electron chi connectivity index (χ1n) is 5.70. The van der Waals surface area contributed by atoms with E-state index < -0.39 is 23.7 Å². The highest BCUT2D eigenvalue weighted by Crippen LogP contribution is 2.30. The van der Waals surface area contributed by atoms with Crippen molar-refractivity contribution in [2.75, 3.05) is 13.1 Å². The third kappa shape index (κ3) is 3.28. The maximum absolute atomic E-state index is 12.7. The molecule has 0 saturated carbocycles. The summed E-state index contributed by atoms with van der Waals surface area (Å²) in [6, 6.07) is -1.38. The zero-order chi connectivity index (χ0) is 14.8. The van der Waals surface area contributed by atoms with Crippen LogP contribution >= 0.6 is 0 Å². The molecule has 0 aromatic heterocycles. The molecular weight excluding hydrogens is 267 g/mol. The molecule has 9 heteroatoms. The molecule has 4 N–H and O–H groups in total. The number of hydrogen-bond acceptors (Lipinski definition) is 3. The number of likely N-dealkylation sites (tertiary alicyclic amines) is 1. The standard InChI is InChI=1S/C10H16F3N3O3/c1-9(7(17)18,10(11,12)13)15-8(19)16-4-2-3-6(14)5-16/h6H,2-5,14H2,1H3,(H,15,19)(H,17,18). The largest absolute Gasteiger partial charge is 0.479 e. The van der Waals surface area contributed by atoms with Gasteiger partial charge in [-0.3, -0.25) is 0 Å². The van der Waals surface area contributed by atoms with Gasteiger partial charge < -0.3 is 21.1 Å². The van der Waals surface area contributed by atoms with Crippen LogP contribution in [0.3, 0.4) is 0 Å². The highest BCUT2D eigenvalue weighted by molar-refractivity contribution is 5.86. The third-order valence-electron chi connectivity index (χ3n) is 3.10. The SMILES string of the molecule is CC(NC(=O)N1CCCC(N)C1)(C(=O)O)C(F)(F)F. The van der Waals surface area contributed by atoms with Crippen molar-refractivity contribution < 1.29 is 27.9 Å². The molecule has 2 unspecified atom stereocenters. The van der Waals surface area contributed by atoms with Gasteiger partial charge in [-0.2, -0.15) is 13.2 Å². The minimum absolute atomic E-state index is 0.111. The molecule has 0 radical (unpaired) electrons. The summed E-state index contributed by atoms with van der Waals surface area (Å²) in [7, 11) is 0. The molecule has 0 aliphatic carbocycles. The second-order valence-electron chi connectivity index (χ2n) is 4.71. The van der Waals surface area contributed by atoms with Gasteiger partial charge in [0, 0.05) is 19.1 Å². The third-order valence-corrected chi connectivity index (χ3v) is 3.10. The average molecular weight is 283 g/mol. The lowest BCUT2D eigenvalue weighted by Crippen LogP contribution is -2.65. The Kier molecular flexibility index (Phi) is 4.28. The highest BCUT2D eigenvalue weighted by atomic mass is 19.4. The second-order valence-corrected chi connectivity index (χ2v) is 4.71. The van der Waals surface area contributed by atoms with Crippen molar-refractivity contribution in [3.63, 3.8) is 0 Å². The summed E-state index contributed by atoms with van der Waals surface area (Å²) in [6.45, 7) is 0.781. The molecule has 1 aliphatic rings. The van der Waals surface area contributed by atoms with Gasteiger partial charge in [0.1, 0.15) is 0 Å². The monoisotopic (exact) mass is 283 g/mol. The maximum Gasteiger partial charge on any atom is 0.422 e. The van der Waals surface area contributed by atoms with Crippen molar-refractivity contribution >= 4 is 12.0 Å². The van der Waals surface area contributed by atoms with E-state index in [2.05, 4.69) is 0 Å². The van der Waals surface area contributed by atoms with Gasteiger partial charge in [-0.1, -0.05) is 0 Å². The van der Waals surface area contributed by atoms with Gasteiger partial charge in [0.2, 0.25) is 5.54 Å². The molecule has 0 aromatic carbocycles. The molecule has 6 nitrogen and oxygen atoms in total. The Morgan fingerprint density at radius 1 is 1.42 bits per heavy atom. The topological polar surface area (TPSA) is 95.7 Å². The highest BCUT2D eigenvalue weighted by Gasteiger charge is 2.58. The molecule has 1 heterocycles. The molecule has 110 valence electrons. The van der Waals surface area contributed by atoms with Crippen LogP contribution in [0, 0.1) is 0 Å². The molecule has 0 spiro atoms. The molecule has 0 aromatic rings. The first kappa shape index (κ1) is 15.5. The van der Waals surface area contributed by atoms with Gasteiger partial charge in [0.25, 0.3) is 0 Å². The van der Waals surface area contributed by atoms with E-state index in [0.29, 0.717) is 19.8 Å². The Morgan fingerprint density at radius 3 is 2.42 bits per heavy atom. The number of alkyl halides is 3. The van der Waals surface area contributed by atoms with Gasteiger partial charge in [-0.25, -0.2) is 9.59 Å². The van der Waals surface area contributed by atoms with E-state index in [-0.39, 0.29) is 19.1 Å². The van der Waals surface area contributed by atoms with Crippen LogP contribution in [-0.2, 0) is 4.79 Å². The number of piperidine rings is 1. The molecule has 1 rings (SSSR count). The van der Waals surface area contributed by atoms with Gasteiger partial charge in [0.05, 0.1) is 0 Å². The van der Waals surface area contributed by atoms with Crippen LogP contribution in [0.1, 0.15) is 19.8 Å². The molecule has 2 amide bonds. The number of carboxylic acids is 1. The fourth-order valence-electron chi connectivity index (χ4n) is 1.73. The lowest BCUT2D eigenvalue weighted by atomic mass is 10.0. The molecule has 1 saturated heterocycles. The molecule has 1 fully saturated rings. The van der Waals surface area contributed by atoms with Crippen molar-refractivity contribution in [2.24, 2.45) is 5.73 Å². The van der Waals surface area contributed by atoms with Crippen molar-refractivity contribution in [2.45, 2.75) is 37.5 Å². The van der Waals surface area contributed by atoms with E-state index >= 15 is 0 Å². The van der Waals surface area contributed by atoms with Crippen LogP contribution in [0.5, 0.6) is 0 Å². The number of carbonyl (C=O) groups excluding carboxylic acids is 1. The first-order chi connectivity index (χ1) is 8.58. The number of nitrogens with two attached hydrogens (primary N) is 1. The van der Waals surface area contributed by atoms with E-state index in [9.17, 15) is 22.8 Å². The zero-order valence-corrected chi connectivity index (χ0v) is 10.3. The fourth-order valence-corrected chi connectivity index (χ4v) is 1.73. The number of nitrogens with zero attached hydrogens (tertiary/aromatic N) is 1. The van der Waals surface area contributed by atoms with Crippen LogP contribution in [0.2, 0.25) is 0 Å². The van der Waals surface area contributed by atoms with E-state index in [0.717, 1.165) is 4.90 Å². The number of amides is 2. The molecule has 2 atom stereocenters. The van der Waals surface area contributed by atoms with Crippen molar-refractivity contribution in [3.05, 3.63) is 0 Å². The number of nitrogens with one attached hydrogen (secondary N) is 1. The second kappa shape index (κ2) is 5.24. The minimum Gasteiger partial charge on any atom is -0.479 e. The van der Waals surface area contributed by atoms with Gasteiger partial charge in [-0.15, -0.1) is 0 Å². The summed E-state index contributed by atoms with van der Waals surface area (Å²) < 4.78 is 38.2. The number of urea groups is 1. The van der Waals surface area contributed by atoms with Crippen LogP contribution < -0.4 is 11.1 Å². The van der Waals surface area contributed by atoms with Gasteiger partial charge >= 0.3 is 18.2 Å². The van der Waals surface area contributed by atoms with Crippen molar-refractivity contribution in [3.8, 4) is 0 Å². The Bertz CT molecular complexity index is 375. The number of halogens is 3. The Labute approximate surface area is 107 Å². The minimum atomic E-state index is -5.09.